The number of nitrogens with one attached hydrogen (secondary N) is 1. The Hall–Kier alpha value is -0.610. The van der Waals surface area contributed by atoms with Gasteiger partial charge in [0, 0.05) is 11.5 Å². The molecule has 1 saturated carbocycles. The molecule has 0 unspecified atom stereocenters. The first-order valence-corrected chi connectivity index (χ1v) is 3.84. The van der Waals surface area contributed by atoms with Crippen LogP contribution in [0, 0.1) is 5.92 Å². The lowest BCUT2D eigenvalue weighted by Gasteiger charge is -2.42. The molecule has 0 aromatic carbocycles. The minimum absolute atomic E-state index is 0.0733. The van der Waals surface area contributed by atoms with Crippen LogP contribution in [-0.4, -0.2) is 24.8 Å². The predicted octanol–water partition coefficient (Wildman–Crippen LogP) is -0.802. The standard InChI is InChI=1S/C7H12N2O2/c8-6(10)5-1-7(2-5)3-11-4-9-7/h5,9H,1-4H2,(H2,8,10). The maximum atomic E-state index is 10.7. The molecular weight excluding hydrogens is 144 g/mol. The first kappa shape index (κ1) is 7.06. The largest absolute Gasteiger partial charge is 0.369 e. The fourth-order valence-corrected chi connectivity index (χ4v) is 1.85. The van der Waals surface area contributed by atoms with Gasteiger partial charge in [-0.25, -0.2) is 0 Å². The highest BCUT2D eigenvalue weighted by Crippen LogP contribution is 2.39. The van der Waals surface area contributed by atoms with Crippen LogP contribution in [0.5, 0.6) is 0 Å². The average molecular weight is 156 g/mol. The minimum Gasteiger partial charge on any atom is -0.369 e. The Morgan fingerprint density at radius 3 is 2.82 bits per heavy atom. The van der Waals surface area contributed by atoms with E-state index in [1.165, 1.54) is 0 Å². The van der Waals surface area contributed by atoms with Crippen molar-refractivity contribution in [3.63, 3.8) is 0 Å². The summed E-state index contributed by atoms with van der Waals surface area (Å²) in [5, 5.41) is 3.22. The number of amides is 1. The first-order valence-electron chi connectivity index (χ1n) is 3.84. The Balaban J connectivity index is 1.91. The Labute approximate surface area is 65.1 Å². The summed E-state index contributed by atoms with van der Waals surface area (Å²) in [5.41, 5.74) is 5.24. The van der Waals surface area contributed by atoms with Gasteiger partial charge in [0.2, 0.25) is 5.91 Å². The zero-order chi connectivity index (χ0) is 7.90. The molecule has 1 spiro atoms. The summed E-state index contributed by atoms with van der Waals surface area (Å²) >= 11 is 0. The van der Waals surface area contributed by atoms with Gasteiger partial charge in [0.15, 0.2) is 0 Å². The number of rotatable bonds is 1. The first-order chi connectivity index (χ1) is 5.22. The molecule has 2 fully saturated rings. The SMILES string of the molecule is NC(=O)C1CC2(COCN2)C1. The van der Waals surface area contributed by atoms with E-state index in [1.54, 1.807) is 0 Å². The van der Waals surface area contributed by atoms with Gasteiger partial charge >= 0.3 is 0 Å². The van der Waals surface area contributed by atoms with Crippen molar-refractivity contribution in [2.75, 3.05) is 13.3 Å². The van der Waals surface area contributed by atoms with E-state index in [1.807, 2.05) is 0 Å². The molecule has 1 amide bonds. The molecule has 1 aliphatic carbocycles. The summed E-state index contributed by atoms with van der Waals surface area (Å²) < 4.78 is 5.17. The predicted molar refractivity (Wildman–Crippen MR) is 38.6 cm³/mol. The highest BCUT2D eigenvalue weighted by atomic mass is 16.5. The molecule has 2 rings (SSSR count). The third-order valence-corrected chi connectivity index (χ3v) is 2.60. The summed E-state index contributed by atoms with van der Waals surface area (Å²) in [6, 6.07) is 0. The molecule has 1 aliphatic heterocycles. The van der Waals surface area contributed by atoms with Crippen molar-refractivity contribution in [3.05, 3.63) is 0 Å². The lowest BCUT2D eigenvalue weighted by atomic mass is 9.69. The van der Waals surface area contributed by atoms with Gasteiger partial charge in [-0.2, -0.15) is 0 Å². The van der Waals surface area contributed by atoms with Crippen LogP contribution in [0.1, 0.15) is 12.8 Å². The van der Waals surface area contributed by atoms with Gasteiger partial charge in [0.25, 0.3) is 0 Å². The van der Waals surface area contributed by atoms with Crippen LogP contribution in [0.3, 0.4) is 0 Å². The Morgan fingerprint density at radius 2 is 2.36 bits per heavy atom. The van der Waals surface area contributed by atoms with Gasteiger partial charge in [-0.05, 0) is 12.8 Å². The second-order valence-corrected chi connectivity index (χ2v) is 3.46. The molecule has 11 heavy (non-hydrogen) atoms. The monoisotopic (exact) mass is 156 g/mol. The Morgan fingerprint density at radius 1 is 1.64 bits per heavy atom. The second kappa shape index (κ2) is 2.19. The number of carbonyl (C=O) groups excluding carboxylic acids is 1. The van der Waals surface area contributed by atoms with Crippen LogP contribution >= 0.6 is 0 Å². The topological polar surface area (TPSA) is 64.4 Å². The normalized spacial score (nSPS) is 42.4. The van der Waals surface area contributed by atoms with Crippen LogP contribution < -0.4 is 11.1 Å². The van der Waals surface area contributed by atoms with E-state index in [9.17, 15) is 4.79 Å². The van der Waals surface area contributed by atoms with Crippen LogP contribution in [0.15, 0.2) is 0 Å². The van der Waals surface area contributed by atoms with Gasteiger partial charge in [-0.1, -0.05) is 0 Å². The lowest BCUT2D eigenvalue weighted by molar-refractivity contribution is -0.126. The number of carbonyl (C=O) groups is 1. The molecule has 1 saturated heterocycles. The minimum atomic E-state index is -0.177. The van der Waals surface area contributed by atoms with E-state index in [0.717, 1.165) is 19.4 Å². The smallest absolute Gasteiger partial charge is 0.220 e. The number of primary amides is 1. The van der Waals surface area contributed by atoms with Crippen LogP contribution in [-0.2, 0) is 9.53 Å². The third kappa shape index (κ3) is 1.02. The lowest BCUT2D eigenvalue weighted by Crippen LogP contribution is -2.56. The quantitative estimate of drug-likeness (QED) is 0.522. The zero-order valence-electron chi connectivity index (χ0n) is 6.30. The van der Waals surface area contributed by atoms with E-state index in [2.05, 4.69) is 5.32 Å². The van der Waals surface area contributed by atoms with E-state index in [-0.39, 0.29) is 17.4 Å². The molecule has 0 aromatic heterocycles. The summed E-state index contributed by atoms with van der Waals surface area (Å²) in [7, 11) is 0. The molecule has 0 aromatic rings. The van der Waals surface area contributed by atoms with E-state index < -0.39 is 0 Å². The van der Waals surface area contributed by atoms with Gasteiger partial charge in [-0.15, -0.1) is 0 Å². The molecule has 0 radical (unpaired) electrons. The van der Waals surface area contributed by atoms with Crippen molar-refractivity contribution in [2.45, 2.75) is 18.4 Å². The van der Waals surface area contributed by atoms with Crippen molar-refractivity contribution >= 4 is 5.91 Å². The van der Waals surface area contributed by atoms with E-state index >= 15 is 0 Å². The highest BCUT2D eigenvalue weighted by molar-refractivity contribution is 5.78. The maximum absolute atomic E-state index is 10.7. The highest BCUT2D eigenvalue weighted by Gasteiger charge is 2.48. The summed E-state index contributed by atoms with van der Waals surface area (Å²) in [4.78, 5) is 10.7. The van der Waals surface area contributed by atoms with Crippen molar-refractivity contribution in [2.24, 2.45) is 11.7 Å². The number of ether oxygens (including phenoxy) is 1. The third-order valence-electron chi connectivity index (χ3n) is 2.60. The summed E-state index contributed by atoms with van der Waals surface area (Å²) in [5.74, 6) is -0.103. The average Bonchev–Trinajstić information content (AvgIpc) is 2.29. The van der Waals surface area contributed by atoms with Gasteiger partial charge in [0.1, 0.15) is 0 Å². The molecule has 4 heteroatoms. The zero-order valence-corrected chi connectivity index (χ0v) is 6.30. The maximum Gasteiger partial charge on any atom is 0.220 e. The van der Waals surface area contributed by atoms with E-state index in [4.69, 9.17) is 10.5 Å². The van der Waals surface area contributed by atoms with E-state index in [0.29, 0.717) is 6.73 Å². The number of hydrogen-bond acceptors (Lipinski definition) is 3. The summed E-state index contributed by atoms with van der Waals surface area (Å²) in [6.45, 7) is 1.35. The second-order valence-electron chi connectivity index (χ2n) is 3.46. The van der Waals surface area contributed by atoms with Crippen molar-refractivity contribution in [1.29, 1.82) is 0 Å². The fraction of sp³-hybridized carbons (Fsp3) is 0.857. The molecule has 0 atom stereocenters. The number of hydrogen-bond donors (Lipinski definition) is 2. The van der Waals surface area contributed by atoms with Crippen LogP contribution in [0.4, 0.5) is 0 Å². The fourth-order valence-electron chi connectivity index (χ4n) is 1.85. The molecule has 3 N–H and O–H groups in total. The van der Waals surface area contributed by atoms with Crippen molar-refractivity contribution in [3.8, 4) is 0 Å². The molecule has 4 nitrogen and oxygen atoms in total. The number of nitrogens with two attached hydrogens (primary N) is 1. The Bertz CT molecular complexity index is 179. The molecule has 0 bridgehead atoms. The van der Waals surface area contributed by atoms with Gasteiger partial charge in [0.05, 0.1) is 13.3 Å². The molecular formula is C7H12N2O2. The molecule has 62 valence electrons. The summed E-state index contributed by atoms with van der Waals surface area (Å²) in [6.07, 6.45) is 1.70. The van der Waals surface area contributed by atoms with Crippen molar-refractivity contribution < 1.29 is 9.53 Å². The molecule has 1 heterocycles. The van der Waals surface area contributed by atoms with Crippen LogP contribution in [0.2, 0.25) is 0 Å². The molecule has 2 aliphatic rings. The van der Waals surface area contributed by atoms with Gasteiger partial charge < -0.3 is 10.5 Å². The van der Waals surface area contributed by atoms with Crippen LogP contribution in [0.25, 0.3) is 0 Å². The Kier molecular flexibility index (Phi) is 1.40. The van der Waals surface area contributed by atoms with Gasteiger partial charge in [-0.3, -0.25) is 10.1 Å². The van der Waals surface area contributed by atoms with Crippen molar-refractivity contribution in [1.82, 2.24) is 5.32 Å².